The highest BCUT2D eigenvalue weighted by Gasteiger charge is 2.30. The van der Waals surface area contributed by atoms with Crippen molar-refractivity contribution >= 4 is 58.4 Å². The molecule has 0 radical (unpaired) electrons. The van der Waals surface area contributed by atoms with Gasteiger partial charge in [-0.2, -0.15) is 0 Å². The Kier molecular flexibility index (Phi) is 11.7. The Labute approximate surface area is 238 Å². The van der Waals surface area contributed by atoms with Gasteiger partial charge in [-0.1, -0.05) is 85.0 Å². The lowest BCUT2D eigenvalue weighted by Gasteiger charge is -2.32. The van der Waals surface area contributed by atoms with Crippen LogP contribution in [-0.2, 0) is 22.6 Å². The number of nitrogens with one attached hydrogen (secondary N) is 1. The van der Waals surface area contributed by atoms with Crippen LogP contribution >= 0.6 is 46.6 Å². The van der Waals surface area contributed by atoms with E-state index in [9.17, 15) is 9.59 Å². The average Bonchev–Trinajstić information content (AvgIpc) is 2.88. The largest absolute Gasteiger partial charge is 0.354 e. The number of nitrogens with zero attached hydrogens (tertiary/aromatic N) is 1. The predicted octanol–water partition coefficient (Wildman–Crippen LogP) is 7.54. The Bertz CT molecular complexity index is 1170. The fourth-order valence-corrected chi connectivity index (χ4v) is 5.03. The first kappa shape index (κ1) is 29.4. The average molecular weight is 578 g/mol. The molecule has 0 heterocycles. The van der Waals surface area contributed by atoms with E-state index < -0.39 is 6.04 Å². The highest BCUT2D eigenvalue weighted by molar-refractivity contribution is 7.99. The lowest BCUT2D eigenvalue weighted by molar-refractivity contribution is -0.141. The van der Waals surface area contributed by atoms with E-state index >= 15 is 0 Å². The summed E-state index contributed by atoms with van der Waals surface area (Å²) in [4.78, 5) is 29.8. The second-order valence-corrected chi connectivity index (χ2v) is 11.6. The van der Waals surface area contributed by atoms with Gasteiger partial charge < -0.3 is 10.2 Å². The number of thioether (sulfide) groups is 1. The van der Waals surface area contributed by atoms with E-state index in [1.54, 1.807) is 28.8 Å². The molecule has 3 rings (SSSR count). The van der Waals surface area contributed by atoms with Gasteiger partial charge in [-0.3, -0.25) is 9.59 Å². The summed E-state index contributed by atoms with van der Waals surface area (Å²) in [6.07, 6.45) is 0.680. The summed E-state index contributed by atoms with van der Waals surface area (Å²) in [5.41, 5.74) is 1.79. The maximum atomic E-state index is 13.7. The van der Waals surface area contributed by atoms with E-state index in [2.05, 4.69) is 5.32 Å². The molecule has 0 saturated carbocycles. The minimum absolute atomic E-state index is 0.104. The molecule has 0 aliphatic rings. The zero-order chi connectivity index (χ0) is 26.8. The molecule has 1 atom stereocenters. The lowest BCUT2D eigenvalue weighted by Crippen LogP contribution is -2.51. The molecule has 3 aromatic rings. The van der Waals surface area contributed by atoms with Gasteiger partial charge in [-0.25, -0.2) is 0 Å². The van der Waals surface area contributed by atoms with Crippen LogP contribution in [0.2, 0.25) is 15.1 Å². The van der Waals surface area contributed by atoms with E-state index in [-0.39, 0.29) is 30.7 Å². The fourth-order valence-electron chi connectivity index (χ4n) is 3.74. The molecule has 0 aromatic heterocycles. The second kappa shape index (κ2) is 14.7. The maximum absolute atomic E-state index is 13.7. The number of carbonyl (C=O) groups is 2. The molecule has 0 unspecified atom stereocenters. The van der Waals surface area contributed by atoms with Crippen molar-refractivity contribution in [1.82, 2.24) is 10.2 Å². The van der Waals surface area contributed by atoms with Crippen LogP contribution in [0.3, 0.4) is 0 Å². The summed E-state index contributed by atoms with van der Waals surface area (Å²) < 4.78 is 0. The molecule has 4 nitrogen and oxygen atoms in total. The first-order valence-corrected chi connectivity index (χ1v) is 14.3. The summed E-state index contributed by atoms with van der Waals surface area (Å²) in [5.74, 6) is 0.588. The quantitative estimate of drug-likeness (QED) is 0.226. The number of carbonyl (C=O) groups excluding carboxylic acids is 2. The molecule has 0 aliphatic heterocycles. The van der Waals surface area contributed by atoms with Crippen LogP contribution < -0.4 is 5.32 Å². The summed E-state index contributed by atoms with van der Waals surface area (Å²) in [6.45, 7) is 4.86. The van der Waals surface area contributed by atoms with Crippen molar-refractivity contribution in [3.63, 3.8) is 0 Å². The molecule has 0 aliphatic carbocycles. The van der Waals surface area contributed by atoms with Crippen molar-refractivity contribution in [2.75, 3.05) is 12.3 Å². The normalized spacial score (nSPS) is 11.8. The number of hydrogen-bond donors (Lipinski definition) is 1. The molecule has 0 saturated heterocycles. The summed E-state index contributed by atoms with van der Waals surface area (Å²) in [6, 6.07) is 21.9. The van der Waals surface area contributed by atoms with Crippen molar-refractivity contribution in [1.29, 1.82) is 0 Å². The van der Waals surface area contributed by atoms with Crippen LogP contribution in [0.4, 0.5) is 0 Å². The van der Waals surface area contributed by atoms with Gasteiger partial charge in [0, 0.05) is 41.6 Å². The Balaban J connectivity index is 1.86. The van der Waals surface area contributed by atoms with Crippen molar-refractivity contribution in [3.8, 4) is 0 Å². The van der Waals surface area contributed by atoms with Crippen molar-refractivity contribution in [2.45, 2.75) is 44.2 Å². The van der Waals surface area contributed by atoms with Crippen molar-refractivity contribution in [2.24, 2.45) is 5.92 Å². The van der Waals surface area contributed by atoms with E-state index in [4.69, 9.17) is 34.8 Å². The third-order valence-corrected chi connectivity index (χ3v) is 7.70. The van der Waals surface area contributed by atoms with Crippen molar-refractivity contribution in [3.05, 3.63) is 99.0 Å². The second-order valence-electron chi connectivity index (χ2n) is 9.17. The standard InChI is InChI=1S/C29H31Cl3N2O2S/c1-20(2)18-33-29(36)27(17-21-6-4-3-5-7-21)34(19-22-8-13-25(31)26(32)16-22)28(35)14-15-37-24-11-9-23(30)10-12-24/h3-13,16,20,27H,14-15,17-19H2,1-2H3,(H,33,36)/t27-/m0/s1. The fraction of sp³-hybridized carbons (Fsp3) is 0.310. The monoisotopic (exact) mass is 576 g/mol. The third kappa shape index (κ3) is 9.57. The van der Waals surface area contributed by atoms with Crippen LogP contribution in [0.5, 0.6) is 0 Å². The zero-order valence-electron chi connectivity index (χ0n) is 20.9. The van der Waals surface area contributed by atoms with E-state index in [1.807, 2.05) is 74.5 Å². The third-order valence-electron chi connectivity index (χ3n) is 5.69. The first-order chi connectivity index (χ1) is 17.7. The SMILES string of the molecule is CC(C)CNC(=O)[C@H](Cc1ccccc1)N(Cc1ccc(Cl)c(Cl)c1)C(=O)CCSc1ccc(Cl)cc1. The summed E-state index contributed by atoms with van der Waals surface area (Å²) >= 11 is 20.0. The summed E-state index contributed by atoms with van der Waals surface area (Å²) in [5, 5.41) is 4.56. The van der Waals surface area contributed by atoms with Gasteiger partial charge in [0.25, 0.3) is 0 Å². The molecule has 37 heavy (non-hydrogen) atoms. The highest BCUT2D eigenvalue weighted by Crippen LogP contribution is 2.26. The van der Waals surface area contributed by atoms with E-state index in [1.165, 1.54) is 0 Å². The lowest BCUT2D eigenvalue weighted by atomic mass is 10.0. The number of hydrogen-bond acceptors (Lipinski definition) is 3. The maximum Gasteiger partial charge on any atom is 0.243 e. The Hall–Kier alpha value is -2.18. The van der Waals surface area contributed by atoms with Gasteiger partial charge in [-0.15, -0.1) is 11.8 Å². The van der Waals surface area contributed by atoms with Gasteiger partial charge in [0.1, 0.15) is 6.04 Å². The first-order valence-electron chi connectivity index (χ1n) is 12.2. The molecule has 1 N–H and O–H groups in total. The number of benzene rings is 3. The van der Waals surface area contributed by atoms with E-state index in [0.29, 0.717) is 33.8 Å². The highest BCUT2D eigenvalue weighted by atomic mass is 35.5. The number of rotatable bonds is 12. The molecule has 0 spiro atoms. The van der Waals surface area contributed by atoms with Crippen LogP contribution in [0, 0.1) is 5.92 Å². The Morgan fingerprint density at radius 1 is 0.892 bits per heavy atom. The van der Waals surface area contributed by atoms with Gasteiger partial charge in [0.2, 0.25) is 11.8 Å². The number of halogens is 3. The van der Waals surface area contributed by atoms with Gasteiger partial charge in [0.15, 0.2) is 0 Å². The number of amides is 2. The van der Waals surface area contributed by atoms with Crippen LogP contribution in [0.25, 0.3) is 0 Å². The molecular weight excluding hydrogens is 547 g/mol. The minimum Gasteiger partial charge on any atom is -0.354 e. The minimum atomic E-state index is -0.677. The van der Waals surface area contributed by atoms with Gasteiger partial charge >= 0.3 is 0 Å². The Morgan fingerprint density at radius 3 is 2.24 bits per heavy atom. The van der Waals surface area contributed by atoms with Gasteiger partial charge in [-0.05, 0) is 53.4 Å². The Morgan fingerprint density at radius 2 is 1.59 bits per heavy atom. The molecule has 196 valence electrons. The molecule has 8 heteroatoms. The smallest absolute Gasteiger partial charge is 0.243 e. The van der Waals surface area contributed by atoms with Gasteiger partial charge in [0.05, 0.1) is 10.0 Å². The van der Waals surface area contributed by atoms with Crippen LogP contribution in [0.15, 0.2) is 77.7 Å². The molecule has 2 amide bonds. The van der Waals surface area contributed by atoms with E-state index in [0.717, 1.165) is 16.0 Å². The molecular formula is C29H31Cl3N2O2S. The van der Waals surface area contributed by atoms with Crippen molar-refractivity contribution < 1.29 is 9.59 Å². The molecule has 3 aromatic carbocycles. The predicted molar refractivity (Wildman–Crippen MR) is 156 cm³/mol. The van der Waals surface area contributed by atoms with Crippen LogP contribution in [0.1, 0.15) is 31.4 Å². The molecule has 0 bridgehead atoms. The van der Waals surface area contributed by atoms with Crippen LogP contribution in [-0.4, -0.2) is 35.1 Å². The zero-order valence-corrected chi connectivity index (χ0v) is 24.0. The topological polar surface area (TPSA) is 49.4 Å². The molecule has 0 fully saturated rings. The summed E-state index contributed by atoms with van der Waals surface area (Å²) in [7, 11) is 0.